The Morgan fingerprint density at radius 3 is 2.37 bits per heavy atom. The van der Waals surface area contributed by atoms with E-state index >= 15 is 0 Å². The number of nitrogens with one attached hydrogen (secondary N) is 1. The summed E-state index contributed by atoms with van der Waals surface area (Å²) in [6.07, 6.45) is 4.84. The number of anilines is 1. The van der Waals surface area contributed by atoms with E-state index < -0.39 is 17.7 Å². The molecular formula is C29H37N3O3. The molecular weight excluding hydrogens is 438 g/mol. The van der Waals surface area contributed by atoms with Gasteiger partial charge in [-0.25, -0.2) is 4.79 Å². The van der Waals surface area contributed by atoms with Crippen LogP contribution in [-0.4, -0.2) is 54.7 Å². The summed E-state index contributed by atoms with van der Waals surface area (Å²) in [4.78, 5) is 30.6. The molecule has 2 aromatic rings. The van der Waals surface area contributed by atoms with E-state index in [9.17, 15) is 9.59 Å². The zero-order valence-corrected chi connectivity index (χ0v) is 21.2. The summed E-state index contributed by atoms with van der Waals surface area (Å²) in [6, 6.07) is 16.3. The van der Waals surface area contributed by atoms with Crippen LogP contribution in [0.25, 0.3) is 0 Å². The zero-order valence-electron chi connectivity index (χ0n) is 21.2. The average molecular weight is 476 g/mol. The van der Waals surface area contributed by atoms with E-state index in [0.717, 1.165) is 44.5 Å². The van der Waals surface area contributed by atoms with Crippen molar-refractivity contribution in [2.75, 3.05) is 31.1 Å². The molecule has 0 saturated carbocycles. The topological polar surface area (TPSA) is 61.9 Å². The van der Waals surface area contributed by atoms with Crippen LogP contribution in [-0.2, 0) is 27.8 Å². The lowest BCUT2D eigenvalue weighted by Gasteiger charge is -2.41. The van der Waals surface area contributed by atoms with Gasteiger partial charge in [-0.15, -0.1) is 0 Å². The van der Waals surface area contributed by atoms with Crippen molar-refractivity contribution in [3.8, 4) is 0 Å². The molecule has 3 aliphatic rings. The second-order valence-electron chi connectivity index (χ2n) is 11.3. The first kappa shape index (κ1) is 23.9. The van der Waals surface area contributed by atoms with Gasteiger partial charge in [-0.2, -0.15) is 0 Å². The highest BCUT2D eigenvalue weighted by molar-refractivity contribution is 6.00. The molecule has 2 amide bonds. The van der Waals surface area contributed by atoms with Crippen molar-refractivity contribution in [3.63, 3.8) is 0 Å². The minimum absolute atomic E-state index is 0.0627. The Balaban J connectivity index is 1.30. The van der Waals surface area contributed by atoms with Gasteiger partial charge in [-0.1, -0.05) is 42.5 Å². The highest BCUT2D eigenvalue weighted by atomic mass is 16.6. The van der Waals surface area contributed by atoms with E-state index in [0.29, 0.717) is 13.1 Å². The maximum atomic E-state index is 13.7. The zero-order chi connectivity index (χ0) is 24.6. The smallest absolute Gasteiger partial charge is 0.408 e. The van der Waals surface area contributed by atoms with Crippen LogP contribution in [0.5, 0.6) is 0 Å². The molecule has 1 unspecified atom stereocenters. The van der Waals surface area contributed by atoms with E-state index in [1.807, 2.05) is 43.9 Å². The normalized spacial score (nSPS) is 19.8. The molecule has 6 heteroatoms. The summed E-state index contributed by atoms with van der Waals surface area (Å²) in [7, 11) is 0. The number of piperidine rings is 1. The molecule has 1 atom stereocenters. The number of amides is 2. The van der Waals surface area contributed by atoms with Gasteiger partial charge in [0.05, 0.1) is 0 Å². The van der Waals surface area contributed by atoms with Crippen molar-refractivity contribution in [1.82, 2.24) is 10.2 Å². The number of rotatable bonds is 4. The molecule has 1 spiro atoms. The van der Waals surface area contributed by atoms with Gasteiger partial charge in [-0.05, 0) is 94.1 Å². The van der Waals surface area contributed by atoms with Gasteiger partial charge in [-0.3, -0.25) is 4.79 Å². The predicted molar refractivity (Wildman–Crippen MR) is 138 cm³/mol. The summed E-state index contributed by atoms with van der Waals surface area (Å²) < 4.78 is 5.52. The number of aryl methyl sites for hydroxylation is 1. The Labute approximate surface area is 208 Å². The van der Waals surface area contributed by atoms with Crippen LogP contribution in [0, 0.1) is 0 Å². The van der Waals surface area contributed by atoms with Gasteiger partial charge in [0.15, 0.2) is 0 Å². The van der Waals surface area contributed by atoms with Crippen molar-refractivity contribution in [2.45, 2.75) is 69.9 Å². The van der Waals surface area contributed by atoms with Gasteiger partial charge in [0.25, 0.3) is 5.91 Å². The van der Waals surface area contributed by atoms with E-state index in [2.05, 4.69) is 40.5 Å². The highest BCUT2D eigenvalue weighted by Crippen LogP contribution is 2.46. The van der Waals surface area contributed by atoms with Gasteiger partial charge in [0.1, 0.15) is 11.6 Å². The van der Waals surface area contributed by atoms with E-state index in [1.54, 1.807) is 0 Å². The number of ether oxygens (including phenoxy) is 1. The molecule has 5 rings (SSSR count). The minimum atomic E-state index is -0.652. The first-order chi connectivity index (χ1) is 16.7. The number of para-hydroxylation sites is 1. The van der Waals surface area contributed by atoms with Gasteiger partial charge in [0.2, 0.25) is 0 Å². The van der Waals surface area contributed by atoms with Crippen LogP contribution in [0.3, 0.4) is 0 Å². The molecule has 1 N–H and O–H groups in total. The van der Waals surface area contributed by atoms with Crippen molar-refractivity contribution in [2.24, 2.45) is 0 Å². The number of carbonyl (C=O) groups is 2. The largest absolute Gasteiger partial charge is 0.444 e. The minimum Gasteiger partial charge on any atom is -0.444 e. The molecule has 1 aliphatic carbocycles. The number of likely N-dealkylation sites (tertiary alicyclic amines) is 1. The summed E-state index contributed by atoms with van der Waals surface area (Å²) in [5.41, 5.74) is 4.79. The number of hydrogen-bond acceptors (Lipinski definition) is 4. The van der Waals surface area contributed by atoms with E-state index in [4.69, 9.17) is 4.74 Å². The Morgan fingerprint density at radius 1 is 0.943 bits per heavy atom. The number of fused-ring (bicyclic) bond motifs is 3. The van der Waals surface area contributed by atoms with Crippen molar-refractivity contribution in [1.29, 1.82) is 0 Å². The second kappa shape index (κ2) is 9.30. The Bertz CT molecular complexity index is 1100. The van der Waals surface area contributed by atoms with Crippen LogP contribution in [0.4, 0.5) is 10.5 Å². The third kappa shape index (κ3) is 4.94. The van der Waals surface area contributed by atoms with Crippen LogP contribution >= 0.6 is 0 Å². The van der Waals surface area contributed by atoms with E-state index in [1.165, 1.54) is 23.1 Å². The number of nitrogens with zero attached hydrogens (tertiary/aromatic N) is 2. The standard InChI is InChI=1S/C29H37N3O3/c1-28(2,3)35-27(34)30-24(26(33)32-17-13-22-9-5-7-11-25(22)32)20-31-18-15-29(16-19-31)14-12-21-8-4-6-10-23(21)29/h4-11,24H,12-20H2,1-3H3,(H,30,34). The van der Waals surface area contributed by atoms with Gasteiger partial charge < -0.3 is 19.9 Å². The Kier molecular flexibility index (Phi) is 6.34. The first-order valence-electron chi connectivity index (χ1n) is 12.9. The molecule has 2 aromatic carbocycles. The maximum Gasteiger partial charge on any atom is 0.408 e. The second-order valence-corrected chi connectivity index (χ2v) is 11.3. The van der Waals surface area contributed by atoms with Crippen LogP contribution in [0.1, 0.15) is 56.7 Å². The number of alkyl carbamates (subject to hydrolysis) is 1. The first-order valence-corrected chi connectivity index (χ1v) is 12.9. The van der Waals surface area contributed by atoms with Crippen molar-refractivity contribution < 1.29 is 14.3 Å². The maximum absolute atomic E-state index is 13.7. The molecule has 2 aliphatic heterocycles. The predicted octanol–water partition coefficient (Wildman–Crippen LogP) is 4.45. The van der Waals surface area contributed by atoms with Crippen molar-refractivity contribution in [3.05, 3.63) is 65.2 Å². The number of carbonyl (C=O) groups excluding carboxylic acids is 2. The summed E-state index contributed by atoms with van der Waals surface area (Å²) in [5.74, 6) is -0.0627. The third-order valence-corrected chi connectivity index (χ3v) is 7.86. The van der Waals surface area contributed by atoms with Crippen LogP contribution in [0.15, 0.2) is 48.5 Å². The van der Waals surface area contributed by atoms with Crippen molar-refractivity contribution >= 4 is 17.7 Å². The SMILES string of the molecule is CC(C)(C)OC(=O)NC(CN1CCC2(CCc3ccccc32)CC1)C(=O)N1CCc2ccccc21. The van der Waals surface area contributed by atoms with E-state index in [-0.39, 0.29) is 11.3 Å². The molecule has 0 bridgehead atoms. The highest BCUT2D eigenvalue weighted by Gasteiger charge is 2.42. The number of hydrogen-bond donors (Lipinski definition) is 1. The fourth-order valence-electron chi connectivity index (χ4n) is 6.10. The molecule has 6 nitrogen and oxygen atoms in total. The monoisotopic (exact) mass is 475 g/mol. The number of benzene rings is 2. The summed E-state index contributed by atoms with van der Waals surface area (Å²) in [6.45, 7) is 8.49. The quantitative estimate of drug-likeness (QED) is 0.710. The fourth-order valence-corrected chi connectivity index (χ4v) is 6.10. The lowest BCUT2D eigenvalue weighted by molar-refractivity contribution is -0.121. The average Bonchev–Trinajstić information content (AvgIpc) is 3.41. The molecule has 1 fully saturated rings. The molecule has 0 aromatic heterocycles. The summed E-state index contributed by atoms with van der Waals surface area (Å²) >= 11 is 0. The fraction of sp³-hybridized carbons (Fsp3) is 0.517. The molecule has 1 saturated heterocycles. The van der Waals surface area contributed by atoms with Gasteiger partial charge in [0, 0.05) is 18.8 Å². The van der Waals surface area contributed by atoms with Gasteiger partial charge >= 0.3 is 6.09 Å². The molecule has 35 heavy (non-hydrogen) atoms. The lowest BCUT2D eigenvalue weighted by Crippen LogP contribution is -2.56. The Morgan fingerprint density at radius 2 is 1.63 bits per heavy atom. The lowest BCUT2D eigenvalue weighted by atomic mass is 9.74. The molecule has 0 radical (unpaired) electrons. The molecule has 186 valence electrons. The third-order valence-electron chi connectivity index (χ3n) is 7.86. The summed E-state index contributed by atoms with van der Waals surface area (Å²) in [5, 5.41) is 2.91. The Hall–Kier alpha value is -2.86. The van der Waals surface area contributed by atoms with Crippen LogP contribution < -0.4 is 10.2 Å². The van der Waals surface area contributed by atoms with Crippen LogP contribution in [0.2, 0.25) is 0 Å². The molecule has 2 heterocycles.